The van der Waals surface area contributed by atoms with Gasteiger partial charge in [0.05, 0.1) is 13.2 Å². The third kappa shape index (κ3) is 4.37. The molecule has 0 radical (unpaired) electrons. The van der Waals surface area contributed by atoms with E-state index in [1.807, 2.05) is 4.90 Å². The van der Waals surface area contributed by atoms with Gasteiger partial charge in [-0.3, -0.25) is 9.69 Å². The number of rotatable bonds is 6. The molecule has 0 atom stereocenters. The van der Waals surface area contributed by atoms with E-state index in [1.54, 1.807) is 0 Å². The fourth-order valence-corrected chi connectivity index (χ4v) is 4.12. The number of hydrogen-bond acceptors (Lipinski definition) is 4. The number of anilines is 2. The van der Waals surface area contributed by atoms with Crippen molar-refractivity contribution in [2.45, 2.75) is 25.9 Å². The second-order valence-corrected chi connectivity index (χ2v) is 7.72. The Kier molecular flexibility index (Phi) is 5.93. The number of para-hydroxylation sites is 1. The van der Waals surface area contributed by atoms with Crippen LogP contribution in [0.4, 0.5) is 11.4 Å². The van der Waals surface area contributed by atoms with Gasteiger partial charge in [-0.2, -0.15) is 0 Å². The maximum absolute atomic E-state index is 11.9. The highest BCUT2D eigenvalue weighted by Gasteiger charge is 2.21. The summed E-state index contributed by atoms with van der Waals surface area (Å²) in [5.74, 6) is 0.240. The zero-order valence-corrected chi connectivity index (χ0v) is 16.6. The third-order valence-electron chi connectivity index (χ3n) is 5.56. The van der Waals surface area contributed by atoms with Crippen molar-refractivity contribution in [3.05, 3.63) is 59.7 Å². The Morgan fingerprint density at radius 2 is 1.71 bits per heavy atom. The van der Waals surface area contributed by atoms with Gasteiger partial charge in [0.25, 0.3) is 0 Å². The van der Waals surface area contributed by atoms with E-state index in [-0.39, 0.29) is 5.91 Å². The van der Waals surface area contributed by atoms with Crippen molar-refractivity contribution in [3.8, 4) is 0 Å². The van der Waals surface area contributed by atoms with Gasteiger partial charge >= 0.3 is 0 Å². The molecule has 1 amide bonds. The summed E-state index contributed by atoms with van der Waals surface area (Å²) in [6.07, 6.45) is 1.64. The molecule has 2 aromatic carbocycles. The summed E-state index contributed by atoms with van der Waals surface area (Å²) >= 11 is 0. The molecule has 2 aliphatic heterocycles. The molecule has 28 heavy (non-hydrogen) atoms. The Morgan fingerprint density at radius 3 is 2.43 bits per heavy atom. The zero-order valence-electron chi connectivity index (χ0n) is 16.6. The number of amides is 1. The van der Waals surface area contributed by atoms with Crippen LogP contribution < -0.4 is 9.80 Å². The lowest BCUT2D eigenvalue weighted by molar-refractivity contribution is -0.117. The van der Waals surface area contributed by atoms with Crippen molar-refractivity contribution in [2.75, 3.05) is 49.7 Å². The molecule has 0 aliphatic carbocycles. The fourth-order valence-electron chi connectivity index (χ4n) is 4.12. The average molecular weight is 380 g/mol. The smallest absolute Gasteiger partial charge is 0.227 e. The quantitative estimate of drug-likeness (QED) is 0.772. The summed E-state index contributed by atoms with van der Waals surface area (Å²) in [7, 11) is 2.16. The highest BCUT2D eigenvalue weighted by molar-refractivity contribution is 5.95. The summed E-state index contributed by atoms with van der Waals surface area (Å²) in [6, 6.07) is 17.1. The first-order valence-electron chi connectivity index (χ1n) is 10.2. The first kappa shape index (κ1) is 19.0. The third-order valence-corrected chi connectivity index (χ3v) is 5.56. The molecule has 2 saturated heterocycles. The Balaban J connectivity index is 1.39. The molecule has 0 aromatic heterocycles. The van der Waals surface area contributed by atoms with E-state index in [0.717, 1.165) is 58.0 Å². The van der Waals surface area contributed by atoms with Gasteiger partial charge in [-0.25, -0.2) is 0 Å². The summed E-state index contributed by atoms with van der Waals surface area (Å²) in [6.45, 7) is 6.14. The molecule has 0 bridgehead atoms. The highest BCUT2D eigenvalue weighted by atomic mass is 16.5. The second-order valence-electron chi connectivity index (χ2n) is 7.72. The van der Waals surface area contributed by atoms with Gasteiger partial charge in [-0.15, -0.1) is 0 Å². The van der Waals surface area contributed by atoms with Crippen molar-refractivity contribution in [1.82, 2.24) is 4.90 Å². The van der Waals surface area contributed by atoms with E-state index >= 15 is 0 Å². The van der Waals surface area contributed by atoms with Gasteiger partial charge in [0.15, 0.2) is 0 Å². The van der Waals surface area contributed by atoms with Crippen LogP contribution in [-0.2, 0) is 22.6 Å². The van der Waals surface area contributed by atoms with Gasteiger partial charge < -0.3 is 14.5 Å². The summed E-state index contributed by atoms with van der Waals surface area (Å²) in [4.78, 5) is 18.6. The number of carbonyl (C=O) groups excluding carboxylic acids is 1. The van der Waals surface area contributed by atoms with Gasteiger partial charge in [-0.05, 0) is 42.8 Å². The molecule has 2 heterocycles. The van der Waals surface area contributed by atoms with E-state index < -0.39 is 0 Å². The molecule has 2 fully saturated rings. The van der Waals surface area contributed by atoms with Crippen molar-refractivity contribution in [3.63, 3.8) is 0 Å². The topological polar surface area (TPSA) is 36.0 Å². The molecule has 5 nitrogen and oxygen atoms in total. The van der Waals surface area contributed by atoms with Crippen LogP contribution in [0.1, 0.15) is 24.0 Å². The monoisotopic (exact) mass is 379 g/mol. The number of ether oxygens (including phenoxy) is 1. The Morgan fingerprint density at radius 1 is 0.964 bits per heavy atom. The lowest BCUT2D eigenvalue weighted by Crippen LogP contribution is -2.37. The highest BCUT2D eigenvalue weighted by Crippen LogP contribution is 2.24. The molecule has 0 spiro atoms. The molecule has 2 aromatic rings. The Bertz CT molecular complexity index is 800. The zero-order chi connectivity index (χ0) is 19.3. The van der Waals surface area contributed by atoms with E-state index in [9.17, 15) is 4.79 Å². The minimum absolute atomic E-state index is 0.240. The molecule has 2 aliphatic rings. The number of carbonyl (C=O) groups is 1. The lowest BCUT2D eigenvalue weighted by Gasteiger charge is -2.31. The van der Waals surface area contributed by atoms with Crippen LogP contribution in [0.2, 0.25) is 0 Å². The maximum atomic E-state index is 11.9. The SMILES string of the molecule is CN(Cc1ccc(N2CCCC2=O)cc1)Cc1ccccc1N1CCOCC1. The van der Waals surface area contributed by atoms with Crippen LogP contribution in [0.3, 0.4) is 0 Å². The summed E-state index contributed by atoms with van der Waals surface area (Å²) in [5.41, 5.74) is 4.96. The van der Waals surface area contributed by atoms with Crippen molar-refractivity contribution >= 4 is 17.3 Å². The summed E-state index contributed by atoms with van der Waals surface area (Å²) < 4.78 is 5.50. The van der Waals surface area contributed by atoms with E-state index in [1.165, 1.54) is 16.8 Å². The number of hydrogen-bond donors (Lipinski definition) is 0. The molecular formula is C23H29N3O2. The van der Waals surface area contributed by atoms with Gasteiger partial charge in [-0.1, -0.05) is 30.3 Å². The maximum Gasteiger partial charge on any atom is 0.227 e. The van der Waals surface area contributed by atoms with Crippen LogP contribution >= 0.6 is 0 Å². The van der Waals surface area contributed by atoms with Crippen molar-refractivity contribution in [1.29, 1.82) is 0 Å². The normalized spacial score (nSPS) is 17.6. The Labute approximate surface area is 167 Å². The predicted molar refractivity (Wildman–Crippen MR) is 113 cm³/mol. The average Bonchev–Trinajstić information content (AvgIpc) is 3.15. The minimum atomic E-state index is 0.240. The van der Waals surface area contributed by atoms with Crippen molar-refractivity contribution in [2.24, 2.45) is 0 Å². The molecular weight excluding hydrogens is 350 g/mol. The largest absolute Gasteiger partial charge is 0.378 e. The fraction of sp³-hybridized carbons (Fsp3) is 0.435. The first-order chi connectivity index (χ1) is 13.7. The van der Waals surface area contributed by atoms with Crippen LogP contribution in [-0.4, -0.2) is 50.7 Å². The number of benzene rings is 2. The van der Waals surface area contributed by atoms with E-state index in [2.05, 4.69) is 65.4 Å². The lowest BCUT2D eigenvalue weighted by atomic mass is 10.1. The molecule has 5 heteroatoms. The molecule has 0 saturated carbocycles. The van der Waals surface area contributed by atoms with Crippen LogP contribution in [0.5, 0.6) is 0 Å². The minimum Gasteiger partial charge on any atom is -0.378 e. The van der Waals surface area contributed by atoms with Crippen LogP contribution in [0.15, 0.2) is 48.5 Å². The molecule has 0 N–H and O–H groups in total. The van der Waals surface area contributed by atoms with E-state index in [0.29, 0.717) is 6.42 Å². The summed E-state index contributed by atoms with van der Waals surface area (Å²) in [5, 5.41) is 0. The molecule has 148 valence electrons. The van der Waals surface area contributed by atoms with Crippen molar-refractivity contribution < 1.29 is 9.53 Å². The van der Waals surface area contributed by atoms with E-state index in [4.69, 9.17) is 4.74 Å². The number of morpholine rings is 1. The number of nitrogens with zero attached hydrogens (tertiary/aromatic N) is 3. The molecule has 4 rings (SSSR count). The first-order valence-corrected chi connectivity index (χ1v) is 10.2. The standard InChI is InChI=1S/C23H29N3O2/c1-24(17-19-8-10-21(11-9-19)26-12-4-7-23(26)27)18-20-5-2-3-6-22(20)25-13-15-28-16-14-25/h2-3,5-6,8-11H,4,7,12-18H2,1H3. The van der Waals surface area contributed by atoms with Gasteiger partial charge in [0.2, 0.25) is 5.91 Å². The van der Waals surface area contributed by atoms with Crippen LogP contribution in [0.25, 0.3) is 0 Å². The predicted octanol–water partition coefficient (Wildman–Crippen LogP) is 3.28. The van der Waals surface area contributed by atoms with Crippen LogP contribution in [0, 0.1) is 0 Å². The second kappa shape index (κ2) is 8.76. The van der Waals surface area contributed by atoms with Gasteiger partial charge in [0, 0.05) is 50.5 Å². The Hall–Kier alpha value is -2.37. The molecule has 0 unspecified atom stereocenters. The van der Waals surface area contributed by atoms with Gasteiger partial charge in [0.1, 0.15) is 0 Å².